The lowest BCUT2D eigenvalue weighted by Crippen LogP contribution is -1.95. The number of halogens is 4. The molecule has 0 atom stereocenters. The molecule has 0 unspecified atom stereocenters. The lowest BCUT2D eigenvalue weighted by Gasteiger charge is -2.14. The predicted molar refractivity (Wildman–Crippen MR) is 260 cm³/mol. The zero-order chi connectivity index (χ0) is 40.6. The minimum Gasteiger partial charge on any atom is -0.354 e. The summed E-state index contributed by atoms with van der Waals surface area (Å²) in [6, 6.07) is 30.2. The van der Waals surface area contributed by atoms with Gasteiger partial charge in [-0.25, -0.2) is 9.97 Å². The summed E-state index contributed by atoms with van der Waals surface area (Å²) in [6.07, 6.45) is 8.62. The van der Waals surface area contributed by atoms with Crippen LogP contribution in [-0.4, -0.2) is 19.9 Å². The molecular formula is C50H38Br4N4. The molecule has 2 N–H and O–H groups in total. The summed E-state index contributed by atoms with van der Waals surface area (Å²) in [7, 11) is 0. The van der Waals surface area contributed by atoms with Crippen LogP contribution in [0.2, 0.25) is 0 Å². The van der Waals surface area contributed by atoms with Crippen molar-refractivity contribution in [2.24, 2.45) is 0 Å². The zero-order valence-corrected chi connectivity index (χ0v) is 39.1. The van der Waals surface area contributed by atoms with Crippen molar-refractivity contribution in [1.82, 2.24) is 19.9 Å². The number of nitrogens with zero attached hydrogens (tertiary/aromatic N) is 2. The van der Waals surface area contributed by atoms with Crippen molar-refractivity contribution < 1.29 is 0 Å². The number of benzene rings is 4. The van der Waals surface area contributed by atoms with Crippen LogP contribution in [-0.2, 0) is 0 Å². The second-order valence-corrected chi connectivity index (χ2v) is 18.7. The Morgan fingerprint density at radius 2 is 0.603 bits per heavy atom. The summed E-state index contributed by atoms with van der Waals surface area (Å²) in [5.74, 6) is 0. The normalized spacial score (nSPS) is 12.2. The van der Waals surface area contributed by atoms with Crippen molar-refractivity contribution in [3.05, 3.63) is 159 Å². The Morgan fingerprint density at radius 1 is 0.345 bits per heavy atom. The standard InChI is InChI=1S/C50H38Br4N4/c1-25-21-27(3)43(28(4)22-25)47-35-13-17-39(55-35)49(45-31(51)9-7-10-32(45)52)41-19-15-37(57-41)48(44-29(5)23-26(2)24-30(44)6)38-16-20-42(58-38)50(40-18-14-36(47)56-40)46-33(53)11-8-12-34(46)54/h7-24,55,58H,1-6H3. The highest BCUT2D eigenvalue weighted by Crippen LogP contribution is 2.45. The topological polar surface area (TPSA) is 57.4 Å². The number of hydrogen-bond donors (Lipinski definition) is 2. The molecule has 0 saturated carbocycles. The van der Waals surface area contributed by atoms with Crippen LogP contribution >= 0.6 is 63.7 Å². The summed E-state index contributed by atoms with van der Waals surface area (Å²) in [5, 5.41) is 0. The van der Waals surface area contributed by atoms with E-state index in [1.165, 1.54) is 33.4 Å². The van der Waals surface area contributed by atoms with E-state index >= 15 is 0 Å². The van der Waals surface area contributed by atoms with Gasteiger partial charge >= 0.3 is 0 Å². The largest absolute Gasteiger partial charge is 0.354 e. The number of rotatable bonds is 4. The van der Waals surface area contributed by atoms with Gasteiger partial charge in [0.25, 0.3) is 0 Å². The van der Waals surface area contributed by atoms with Gasteiger partial charge in [0.05, 0.1) is 22.8 Å². The summed E-state index contributed by atoms with van der Waals surface area (Å²) in [4.78, 5) is 18.9. The Hall–Kier alpha value is -4.60. The lowest BCUT2D eigenvalue weighted by molar-refractivity contribution is 1.28. The molecule has 4 aromatic carbocycles. The molecule has 5 heterocycles. The second-order valence-electron chi connectivity index (χ2n) is 15.2. The molecule has 2 aliphatic heterocycles. The molecule has 0 radical (unpaired) electrons. The average molecular weight is 1010 g/mol. The second kappa shape index (κ2) is 15.2. The summed E-state index contributed by atoms with van der Waals surface area (Å²) in [6.45, 7) is 13.1. The maximum atomic E-state index is 5.54. The van der Waals surface area contributed by atoms with E-state index in [0.717, 1.165) is 107 Å². The Bertz CT molecular complexity index is 2830. The van der Waals surface area contributed by atoms with Crippen LogP contribution in [0, 0.1) is 41.5 Å². The molecule has 0 amide bonds. The molecule has 9 rings (SSSR count). The summed E-state index contributed by atoms with van der Waals surface area (Å²) >= 11 is 15.7. The fourth-order valence-corrected chi connectivity index (χ4v) is 11.7. The van der Waals surface area contributed by atoms with E-state index in [0.29, 0.717) is 0 Å². The van der Waals surface area contributed by atoms with E-state index in [1.54, 1.807) is 0 Å². The van der Waals surface area contributed by atoms with Gasteiger partial charge in [0.2, 0.25) is 0 Å². The Kier molecular flexibility index (Phi) is 10.2. The molecule has 0 spiro atoms. The zero-order valence-electron chi connectivity index (χ0n) is 32.8. The molecule has 3 aromatic heterocycles. The number of aromatic amines is 2. The van der Waals surface area contributed by atoms with Crippen LogP contribution in [0.25, 0.3) is 90.9 Å². The first-order chi connectivity index (χ1) is 27.9. The van der Waals surface area contributed by atoms with Gasteiger partial charge in [-0.1, -0.05) is 111 Å². The van der Waals surface area contributed by atoms with E-state index in [4.69, 9.17) is 9.97 Å². The Labute approximate surface area is 372 Å². The minimum absolute atomic E-state index is 0.858. The first kappa shape index (κ1) is 38.9. The van der Waals surface area contributed by atoms with Crippen molar-refractivity contribution in [3.8, 4) is 44.5 Å². The first-order valence-corrected chi connectivity index (χ1v) is 22.3. The highest BCUT2D eigenvalue weighted by molar-refractivity contribution is 9.11. The summed E-state index contributed by atoms with van der Waals surface area (Å²) < 4.78 is 3.86. The van der Waals surface area contributed by atoms with Crippen molar-refractivity contribution >= 4 is 110 Å². The number of aromatic nitrogens is 4. The molecule has 8 bridgehead atoms. The van der Waals surface area contributed by atoms with Gasteiger partial charge in [-0.3, -0.25) is 0 Å². The molecule has 4 nitrogen and oxygen atoms in total. The highest BCUT2D eigenvalue weighted by atomic mass is 79.9. The molecule has 0 saturated heterocycles. The molecule has 7 aromatic rings. The van der Waals surface area contributed by atoms with Gasteiger partial charge < -0.3 is 9.97 Å². The Balaban J connectivity index is 1.54. The van der Waals surface area contributed by atoms with Crippen molar-refractivity contribution in [1.29, 1.82) is 0 Å². The molecule has 2 aliphatic rings. The SMILES string of the molecule is Cc1cc(C)c(-c2c3nc(c(-c4c(Br)cccc4Br)c4ccc([nH]4)c(-c4c(C)cc(C)cc4C)c4nc(c(-c5c(Br)cccc5Br)c5ccc2[nH]5)C=C4)C=C3)c(C)c1. The molecule has 286 valence electrons. The first-order valence-electron chi connectivity index (χ1n) is 19.1. The van der Waals surface area contributed by atoms with E-state index in [1.807, 2.05) is 12.1 Å². The van der Waals surface area contributed by atoms with E-state index in [9.17, 15) is 0 Å². The highest BCUT2D eigenvalue weighted by Gasteiger charge is 2.23. The van der Waals surface area contributed by atoms with Crippen LogP contribution in [0.15, 0.2) is 103 Å². The molecular weight excluding hydrogens is 976 g/mol. The van der Waals surface area contributed by atoms with Gasteiger partial charge in [-0.2, -0.15) is 0 Å². The van der Waals surface area contributed by atoms with Crippen molar-refractivity contribution in [2.45, 2.75) is 41.5 Å². The average Bonchev–Trinajstić information content (AvgIpc) is 4.00. The van der Waals surface area contributed by atoms with Gasteiger partial charge in [0.1, 0.15) is 0 Å². The van der Waals surface area contributed by atoms with Gasteiger partial charge in [-0.05, 0) is 148 Å². The monoisotopic (exact) mass is 1010 g/mol. The third kappa shape index (κ3) is 6.72. The number of hydrogen-bond acceptors (Lipinski definition) is 2. The van der Waals surface area contributed by atoms with Crippen molar-refractivity contribution in [3.63, 3.8) is 0 Å². The third-order valence-corrected chi connectivity index (χ3v) is 13.7. The van der Waals surface area contributed by atoms with Crippen LogP contribution < -0.4 is 0 Å². The molecule has 0 fully saturated rings. The van der Waals surface area contributed by atoms with Crippen LogP contribution in [0.1, 0.15) is 56.2 Å². The van der Waals surface area contributed by atoms with Crippen LogP contribution in [0.3, 0.4) is 0 Å². The van der Waals surface area contributed by atoms with E-state index in [-0.39, 0.29) is 0 Å². The van der Waals surface area contributed by atoms with Crippen LogP contribution in [0.5, 0.6) is 0 Å². The molecule has 8 heteroatoms. The van der Waals surface area contributed by atoms with E-state index in [2.05, 4.69) is 212 Å². The Morgan fingerprint density at radius 3 is 0.879 bits per heavy atom. The lowest BCUT2D eigenvalue weighted by atomic mass is 9.92. The number of nitrogens with one attached hydrogen (secondary N) is 2. The van der Waals surface area contributed by atoms with Crippen LogP contribution in [0.4, 0.5) is 0 Å². The summed E-state index contributed by atoms with van der Waals surface area (Å²) in [5.41, 5.74) is 23.0. The van der Waals surface area contributed by atoms with Gasteiger partial charge in [-0.15, -0.1) is 0 Å². The van der Waals surface area contributed by atoms with Crippen molar-refractivity contribution in [2.75, 3.05) is 0 Å². The molecule has 58 heavy (non-hydrogen) atoms. The maximum absolute atomic E-state index is 5.54. The third-order valence-electron chi connectivity index (χ3n) is 11.0. The smallest absolute Gasteiger partial charge is 0.0738 e. The fourth-order valence-electron chi connectivity index (χ4n) is 8.88. The number of aryl methyl sites for hydroxylation is 6. The van der Waals surface area contributed by atoms with Gasteiger partial charge in [0.15, 0.2) is 0 Å². The molecule has 0 aliphatic carbocycles. The number of H-pyrrole nitrogens is 2. The number of fused-ring (bicyclic) bond motifs is 8. The van der Waals surface area contributed by atoms with E-state index < -0.39 is 0 Å². The maximum Gasteiger partial charge on any atom is 0.0738 e. The predicted octanol–water partition coefficient (Wildman–Crippen LogP) is 16.2. The quantitative estimate of drug-likeness (QED) is 0.185. The minimum atomic E-state index is 0.858. The van der Waals surface area contributed by atoms with Gasteiger partial charge in [0, 0.05) is 73.3 Å². The fraction of sp³-hybridized carbons (Fsp3) is 0.120.